The molecule has 0 bridgehead atoms. The first-order chi connectivity index (χ1) is 12.7. The molecule has 26 heavy (non-hydrogen) atoms. The molecule has 0 aliphatic heterocycles. The van der Waals surface area contributed by atoms with Crippen LogP contribution in [0.5, 0.6) is 11.5 Å². The third-order valence-corrected chi connectivity index (χ3v) is 4.26. The molecule has 0 aliphatic rings. The summed E-state index contributed by atoms with van der Waals surface area (Å²) < 4.78 is 12.1. The summed E-state index contributed by atoms with van der Waals surface area (Å²) >= 11 is 3.40. The minimum absolute atomic E-state index is 0.188. The van der Waals surface area contributed by atoms with Gasteiger partial charge in [-0.3, -0.25) is 4.79 Å². The normalized spacial score (nSPS) is 10.2. The van der Waals surface area contributed by atoms with Gasteiger partial charge in [0.05, 0.1) is 7.11 Å². The van der Waals surface area contributed by atoms with Crippen LogP contribution in [0.1, 0.15) is 15.9 Å². The number of ether oxygens (including phenoxy) is 2. The summed E-state index contributed by atoms with van der Waals surface area (Å²) in [6, 6.07) is 22.3. The van der Waals surface area contributed by atoms with Gasteiger partial charge in [0, 0.05) is 21.3 Å². The molecule has 132 valence electrons. The first kappa shape index (κ1) is 18.0. The second-order valence-electron chi connectivity index (χ2n) is 5.59. The molecule has 0 aliphatic carbocycles. The van der Waals surface area contributed by atoms with E-state index in [1.54, 1.807) is 25.3 Å². The summed E-state index contributed by atoms with van der Waals surface area (Å²) in [6.07, 6.45) is 0. The third kappa shape index (κ3) is 4.64. The molecule has 3 rings (SSSR count). The maximum absolute atomic E-state index is 12.5. The minimum Gasteiger partial charge on any atom is -0.496 e. The zero-order valence-corrected chi connectivity index (χ0v) is 15.8. The van der Waals surface area contributed by atoms with Crippen molar-refractivity contribution in [3.63, 3.8) is 0 Å². The van der Waals surface area contributed by atoms with Gasteiger partial charge in [0.15, 0.2) is 0 Å². The van der Waals surface area contributed by atoms with E-state index in [9.17, 15) is 4.79 Å². The van der Waals surface area contributed by atoms with Gasteiger partial charge in [-0.25, -0.2) is 0 Å². The Morgan fingerprint density at radius 2 is 1.81 bits per heavy atom. The zero-order chi connectivity index (χ0) is 18.4. The van der Waals surface area contributed by atoms with Crippen LogP contribution in [0, 0.1) is 0 Å². The van der Waals surface area contributed by atoms with Crippen LogP contribution in [0.2, 0.25) is 0 Å². The number of methoxy groups -OCH3 is 1. The largest absolute Gasteiger partial charge is 0.496 e. The van der Waals surface area contributed by atoms with E-state index in [1.807, 2.05) is 54.6 Å². The molecule has 0 atom stereocenters. The maximum atomic E-state index is 12.5. The van der Waals surface area contributed by atoms with Crippen LogP contribution < -0.4 is 14.8 Å². The fraction of sp³-hybridized carbons (Fsp3) is 0.0952. The van der Waals surface area contributed by atoms with E-state index in [0.717, 1.165) is 21.5 Å². The first-order valence-electron chi connectivity index (χ1n) is 8.07. The quantitative estimate of drug-likeness (QED) is 0.599. The predicted molar refractivity (Wildman–Crippen MR) is 106 cm³/mol. The summed E-state index contributed by atoms with van der Waals surface area (Å²) in [5.74, 6) is 1.25. The molecule has 0 fully saturated rings. The standard InChI is InChI=1S/C21H18BrNO3/c1-25-20-11-10-15(21(24)23-18-7-5-6-17(22)13-18)12-16(20)14-26-19-8-3-2-4-9-19/h2-13H,14H2,1H3,(H,23,24). The van der Waals surface area contributed by atoms with Crippen LogP contribution >= 0.6 is 15.9 Å². The summed E-state index contributed by atoms with van der Waals surface area (Å²) in [5.41, 5.74) is 2.07. The van der Waals surface area contributed by atoms with Crippen molar-refractivity contribution in [1.29, 1.82) is 0 Å². The lowest BCUT2D eigenvalue weighted by atomic mass is 10.1. The molecule has 0 spiro atoms. The number of anilines is 1. The molecule has 0 heterocycles. The van der Waals surface area contributed by atoms with Crippen molar-refractivity contribution >= 4 is 27.5 Å². The van der Waals surface area contributed by atoms with E-state index >= 15 is 0 Å². The van der Waals surface area contributed by atoms with Gasteiger partial charge in [-0.05, 0) is 48.5 Å². The molecule has 0 radical (unpaired) electrons. The molecule has 0 aromatic heterocycles. The highest BCUT2D eigenvalue weighted by Crippen LogP contribution is 2.23. The number of para-hydroxylation sites is 1. The zero-order valence-electron chi connectivity index (χ0n) is 14.2. The lowest BCUT2D eigenvalue weighted by Gasteiger charge is -2.12. The van der Waals surface area contributed by atoms with Gasteiger partial charge in [-0.15, -0.1) is 0 Å². The SMILES string of the molecule is COc1ccc(C(=O)Nc2cccc(Br)c2)cc1COc1ccccc1. The maximum Gasteiger partial charge on any atom is 0.255 e. The van der Waals surface area contributed by atoms with Crippen molar-refractivity contribution in [2.24, 2.45) is 0 Å². The molecule has 4 nitrogen and oxygen atoms in total. The number of nitrogens with one attached hydrogen (secondary N) is 1. The van der Waals surface area contributed by atoms with Crippen LogP contribution in [0.15, 0.2) is 77.3 Å². The van der Waals surface area contributed by atoms with E-state index in [2.05, 4.69) is 21.2 Å². The average Bonchev–Trinajstić information content (AvgIpc) is 2.67. The highest BCUT2D eigenvalue weighted by atomic mass is 79.9. The number of amides is 1. The lowest BCUT2D eigenvalue weighted by molar-refractivity contribution is 0.102. The number of hydrogen-bond acceptors (Lipinski definition) is 3. The molecule has 1 N–H and O–H groups in total. The van der Waals surface area contributed by atoms with Gasteiger partial charge >= 0.3 is 0 Å². The molecule has 1 amide bonds. The summed E-state index contributed by atoms with van der Waals surface area (Å²) in [4.78, 5) is 12.5. The van der Waals surface area contributed by atoms with Crippen molar-refractivity contribution in [1.82, 2.24) is 0 Å². The van der Waals surface area contributed by atoms with Crippen LogP contribution in [0.3, 0.4) is 0 Å². The van der Waals surface area contributed by atoms with Gasteiger partial charge in [-0.1, -0.05) is 40.2 Å². The predicted octanol–water partition coefficient (Wildman–Crippen LogP) is 5.29. The number of benzene rings is 3. The van der Waals surface area contributed by atoms with E-state index in [-0.39, 0.29) is 5.91 Å². The Bertz CT molecular complexity index is 897. The smallest absolute Gasteiger partial charge is 0.255 e. The van der Waals surface area contributed by atoms with E-state index in [4.69, 9.17) is 9.47 Å². The first-order valence-corrected chi connectivity index (χ1v) is 8.86. The number of carbonyl (C=O) groups excluding carboxylic acids is 1. The molecule has 3 aromatic rings. The Morgan fingerprint density at radius 3 is 2.54 bits per heavy atom. The van der Waals surface area contributed by atoms with Crippen molar-refractivity contribution in [3.8, 4) is 11.5 Å². The van der Waals surface area contributed by atoms with Gasteiger partial charge in [0.2, 0.25) is 0 Å². The monoisotopic (exact) mass is 411 g/mol. The van der Waals surface area contributed by atoms with Gasteiger partial charge in [-0.2, -0.15) is 0 Å². The second-order valence-corrected chi connectivity index (χ2v) is 6.51. The Hall–Kier alpha value is -2.79. The molecular weight excluding hydrogens is 394 g/mol. The Balaban J connectivity index is 1.76. The second kappa shape index (κ2) is 8.54. The minimum atomic E-state index is -0.188. The topological polar surface area (TPSA) is 47.6 Å². The van der Waals surface area contributed by atoms with Gasteiger partial charge < -0.3 is 14.8 Å². The van der Waals surface area contributed by atoms with Crippen LogP contribution in [0.4, 0.5) is 5.69 Å². The Kier molecular flexibility index (Phi) is 5.92. The van der Waals surface area contributed by atoms with E-state index < -0.39 is 0 Å². The molecule has 5 heteroatoms. The van der Waals surface area contributed by atoms with Crippen molar-refractivity contribution in [2.75, 3.05) is 12.4 Å². The number of carbonyl (C=O) groups is 1. The summed E-state index contributed by atoms with van der Waals surface area (Å²) in [7, 11) is 1.60. The van der Waals surface area contributed by atoms with Crippen molar-refractivity contribution in [3.05, 3.63) is 88.4 Å². The number of rotatable bonds is 6. The lowest BCUT2D eigenvalue weighted by Crippen LogP contribution is -2.12. The third-order valence-electron chi connectivity index (χ3n) is 3.76. The van der Waals surface area contributed by atoms with Crippen molar-refractivity contribution in [2.45, 2.75) is 6.61 Å². The molecular formula is C21H18BrNO3. The Labute approximate surface area is 160 Å². The van der Waals surface area contributed by atoms with Crippen LogP contribution in [-0.4, -0.2) is 13.0 Å². The van der Waals surface area contributed by atoms with Crippen LogP contribution in [-0.2, 0) is 6.61 Å². The van der Waals surface area contributed by atoms with Crippen LogP contribution in [0.25, 0.3) is 0 Å². The highest BCUT2D eigenvalue weighted by Gasteiger charge is 2.11. The fourth-order valence-electron chi connectivity index (χ4n) is 2.48. The summed E-state index contributed by atoms with van der Waals surface area (Å²) in [5, 5.41) is 2.89. The fourth-order valence-corrected chi connectivity index (χ4v) is 2.88. The molecule has 0 saturated heterocycles. The van der Waals surface area contributed by atoms with E-state index in [0.29, 0.717) is 17.9 Å². The summed E-state index contributed by atoms with van der Waals surface area (Å²) in [6.45, 7) is 0.311. The molecule has 0 unspecified atom stereocenters. The van der Waals surface area contributed by atoms with E-state index in [1.165, 1.54) is 0 Å². The average molecular weight is 412 g/mol. The number of hydrogen-bond donors (Lipinski definition) is 1. The Morgan fingerprint density at radius 1 is 1.00 bits per heavy atom. The highest BCUT2D eigenvalue weighted by molar-refractivity contribution is 9.10. The van der Waals surface area contributed by atoms with Crippen molar-refractivity contribution < 1.29 is 14.3 Å². The molecule has 3 aromatic carbocycles. The van der Waals surface area contributed by atoms with Gasteiger partial charge in [0.25, 0.3) is 5.91 Å². The molecule has 0 saturated carbocycles. The number of halogens is 1. The van der Waals surface area contributed by atoms with Gasteiger partial charge in [0.1, 0.15) is 18.1 Å².